The minimum Gasteiger partial charge on any atom is -0.497 e. The maximum atomic E-state index is 13.6. The van der Waals surface area contributed by atoms with E-state index >= 15 is 0 Å². The molecule has 26 heavy (non-hydrogen) atoms. The number of methoxy groups -OCH3 is 1. The molecule has 0 spiro atoms. The second-order valence-corrected chi connectivity index (χ2v) is 5.12. The third-order valence-electron chi connectivity index (χ3n) is 3.38. The summed E-state index contributed by atoms with van der Waals surface area (Å²) >= 11 is 0. The molecule has 0 aliphatic carbocycles. The molecule has 2 N–H and O–H groups in total. The van der Waals surface area contributed by atoms with Crippen molar-refractivity contribution in [1.82, 2.24) is 10.6 Å². The van der Waals surface area contributed by atoms with Crippen LogP contribution in [0.15, 0.2) is 47.5 Å². The van der Waals surface area contributed by atoms with Gasteiger partial charge >= 0.3 is 0 Å². The smallest absolute Gasteiger partial charge is 0.191 e. The molecule has 0 radical (unpaired) electrons. The lowest BCUT2D eigenvalue weighted by atomic mass is 10.2. The topological polar surface area (TPSA) is 54.9 Å². The number of hydrogen-bond acceptors (Lipinski definition) is 3. The number of nitrogens with zero attached hydrogens (tertiary/aromatic N) is 1. The highest BCUT2D eigenvalue weighted by Crippen LogP contribution is 2.18. The number of aliphatic imine (C=N–C) groups is 1. The van der Waals surface area contributed by atoms with Crippen molar-refractivity contribution in [2.24, 2.45) is 4.99 Å². The van der Waals surface area contributed by atoms with Gasteiger partial charge in [0, 0.05) is 25.2 Å². The van der Waals surface area contributed by atoms with Crippen LogP contribution >= 0.6 is 24.0 Å². The maximum absolute atomic E-state index is 13.6. The third-order valence-corrected chi connectivity index (χ3v) is 3.38. The fourth-order valence-corrected chi connectivity index (χ4v) is 2.11. The number of nitrogens with one attached hydrogen (secondary N) is 2. The Labute approximate surface area is 168 Å². The predicted octanol–water partition coefficient (Wildman–Crippen LogP) is 3.34. The van der Waals surface area contributed by atoms with Gasteiger partial charge in [-0.25, -0.2) is 8.78 Å². The molecule has 0 heterocycles. The molecule has 2 rings (SSSR count). The summed E-state index contributed by atoms with van der Waals surface area (Å²) in [6.45, 7) is 1.02. The summed E-state index contributed by atoms with van der Waals surface area (Å²) in [5.74, 6) is 0.947. The van der Waals surface area contributed by atoms with Crippen molar-refractivity contribution in [3.63, 3.8) is 0 Å². The molecule has 5 nitrogen and oxygen atoms in total. The molecule has 2 aromatic carbocycles. The molecule has 0 fully saturated rings. The maximum Gasteiger partial charge on any atom is 0.191 e. The van der Waals surface area contributed by atoms with E-state index in [2.05, 4.69) is 15.6 Å². The highest BCUT2D eigenvalue weighted by atomic mass is 127. The van der Waals surface area contributed by atoms with E-state index in [1.807, 2.05) is 18.2 Å². The van der Waals surface area contributed by atoms with Crippen LogP contribution in [-0.2, 0) is 6.54 Å². The van der Waals surface area contributed by atoms with Gasteiger partial charge in [0.05, 0.1) is 13.7 Å². The lowest BCUT2D eigenvalue weighted by Crippen LogP contribution is -2.39. The van der Waals surface area contributed by atoms with Crippen molar-refractivity contribution < 1.29 is 18.3 Å². The van der Waals surface area contributed by atoms with Gasteiger partial charge in [-0.15, -0.1) is 24.0 Å². The molecule has 0 amide bonds. The van der Waals surface area contributed by atoms with Crippen LogP contribution in [0.5, 0.6) is 11.5 Å². The first-order valence-corrected chi connectivity index (χ1v) is 7.77. The minimum atomic E-state index is -0.479. The highest BCUT2D eigenvalue weighted by molar-refractivity contribution is 14.0. The Morgan fingerprint density at radius 3 is 2.58 bits per heavy atom. The van der Waals surface area contributed by atoms with Crippen LogP contribution < -0.4 is 20.1 Å². The third kappa shape index (κ3) is 7.03. The monoisotopic (exact) mass is 477 g/mol. The molecule has 0 saturated carbocycles. The highest BCUT2D eigenvalue weighted by Gasteiger charge is 2.05. The Bertz CT molecular complexity index is 729. The van der Waals surface area contributed by atoms with Gasteiger partial charge in [0.25, 0.3) is 0 Å². The van der Waals surface area contributed by atoms with Crippen molar-refractivity contribution in [3.8, 4) is 11.5 Å². The number of hydrogen-bond donors (Lipinski definition) is 2. The van der Waals surface area contributed by atoms with Crippen molar-refractivity contribution in [3.05, 3.63) is 59.7 Å². The molecule has 142 valence electrons. The van der Waals surface area contributed by atoms with E-state index in [4.69, 9.17) is 9.47 Å². The van der Waals surface area contributed by atoms with Gasteiger partial charge in [-0.3, -0.25) is 4.99 Å². The Balaban J connectivity index is 0.00000338. The summed E-state index contributed by atoms with van der Waals surface area (Å²) in [7, 11) is 3.19. The number of benzene rings is 2. The van der Waals surface area contributed by atoms with Crippen LogP contribution in [0, 0.1) is 11.6 Å². The van der Waals surface area contributed by atoms with Gasteiger partial charge in [-0.2, -0.15) is 0 Å². The Hall–Kier alpha value is -2.10. The minimum absolute atomic E-state index is 0. The lowest BCUT2D eigenvalue weighted by Gasteiger charge is -2.13. The first kappa shape index (κ1) is 21.9. The lowest BCUT2D eigenvalue weighted by molar-refractivity contribution is 0.319. The number of guanidine groups is 1. The van der Waals surface area contributed by atoms with E-state index < -0.39 is 11.6 Å². The fraction of sp³-hybridized carbons (Fsp3) is 0.278. The average molecular weight is 477 g/mol. The quantitative estimate of drug-likeness (QED) is 0.278. The Kier molecular flexibility index (Phi) is 9.71. The van der Waals surface area contributed by atoms with Gasteiger partial charge < -0.3 is 20.1 Å². The molecule has 2 aromatic rings. The zero-order valence-electron chi connectivity index (χ0n) is 14.6. The van der Waals surface area contributed by atoms with Crippen molar-refractivity contribution in [2.75, 3.05) is 27.3 Å². The van der Waals surface area contributed by atoms with Gasteiger partial charge in [0.15, 0.2) is 5.96 Å². The van der Waals surface area contributed by atoms with Gasteiger partial charge in [-0.05, 0) is 30.3 Å². The van der Waals surface area contributed by atoms with E-state index in [1.54, 1.807) is 20.2 Å². The average Bonchev–Trinajstić information content (AvgIpc) is 2.64. The van der Waals surface area contributed by atoms with Crippen LogP contribution in [0.4, 0.5) is 8.78 Å². The number of ether oxygens (including phenoxy) is 2. The molecule has 0 bridgehead atoms. The standard InChI is InChI=1S/C18H21F2N3O2.HI/c1-21-18(23-12-13-10-14(19)6-7-17(13)20)22-8-9-25-16-5-3-4-15(11-16)24-2;/h3-7,10-11H,8-9,12H2,1-2H3,(H2,21,22,23);1H. The largest absolute Gasteiger partial charge is 0.497 e. The molecule has 0 atom stereocenters. The summed E-state index contributed by atoms with van der Waals surface area (Å²) in [6, 6.07) is 10.6. The van der Waals surface area contributed by atoms with Crippen LogP contribution in [0.3, 0.4) is 0 Å². The fourth-order valence-electron chi connectivity index (χ4n) is 2.11. The zero-order chi connectivity index (χ0) is 18.1. The molecule has 0 aliphatic heterocycles. The van der Waals surface area contributed by atoms with Crippen LogP contribution in [-0.4, -0.2) is 33.3 Å². The molecular weight excluding hydrogens is 455 g/mol. The second-order valence-electron chi connectivity index (χ2n) is 5.12. The normalized spacial score (nSPS) is 10.7. The van der Waals surface area contributed by atoms with Crippen LogP contribution in [0.25, 0.3) is 0 Å². The summed E-state index contributed by atoms with van der Waals surface area (Å²) in [4.78, 5) is 4.03. The first-order chi connectivity index (χ1) is 12.1. The Morgan fingerprint density at radius 2 is 1.85 bits per heavy atom. The molecular formula is C18H22F2IN3O2. The summed E-state index contributed by atoms with van der Waals surface area (Å²) in [6.07, 6.45) is 0. The van der Waals surface area contributed by atoms with Crippen LogP contribution in [0.2, 0.25) is 0 Å². The number of halogens is 3. The summed E-state index contributed by atoms with van der Waals surface area (Å²) in [5, 5.41) is 5.97. The Morgan fingerprint density at radius 1 is 1.08 bits per heavy atom. The molecule has 0 saturated heterocycles. The van der Waals surface area contributed by atoms with Gasteiger partial charge in [0.1, 0.15) is 29.7 Å². The van der Waals surface area contributed by atoms with Gasteiger partial charge in [-0.1, -0.05) is 6.07 Å². The van der Waals surface area contributed by atoms with Crippen molar-refractivity contribution >= 4 is 29.9 Å². The van der Waals surface area contributed by atoms with E-state index in [-0.39, 0.29) is 36.1 Å². The zero-order valence-corrected chi connectivity index (χ0v) is 16.9. The molecule has 0 aliphatic rings. The summed E-state index contributed by atoms with van der Waals surface area (Å²) < 4.78 is 37.5. The van der Waals surface area contributed by atoms with E-state index in [1.165, 1.54) is 0 Å². The van der Waals surface area contributed by atoms with Crippen LogP contribution in [0.1, 0.15) is 5.56 Å². The van der Waals surface area contributed by atoms with E-state index in [0.717, 1.165) is 23.9 Å². The molecule has 0 aromatic heterocycles. The van der Waals surface area contributed by atoms with Gasteiger partial charge in [0.2, 0.25) is 0 Å². The number of rotatable bonds is 7. The molecule has 0 unspecified atom stereocenters. The van der Waals surface area contributed by atoms with E-state index in [9.17, 15) is 8.78 Å². The summed E-state index contributed by atoms with van der Waals surface area (Å²) in [5.41, 5.74) is 0.232. The SMILES string of the molecule is CN=C(NCCOc1cccc(OC)c1)NCc1cc(F)ccc1F.I. The predicted molar refractivity (Wildman–Crippen MR) is 108 cm³/mol. The van der Waals surface area contributed by atoms with Crippen molar-refractivity contribution in [1.29, 1.82) is 0 Å². The van der Waals surface area contributed by atoms with Crippen molar-refractivity contribution in [2.45, 2.75) is 6.54 Å². The molecule has 8 heteroatoms. The first-order valence-electron chi connectivity index (χ1n) is 7.77. The van der Waals surface area contributed by atoms with E-state index in [0.29, 0.717) is 24.9 Å². The second kappa shape index (κ2) is 11.5.